The summed E-state index contributed by atoms with van der Waals surface area (Å²) >= 11 is 6.69. The van der Waals surface area contributed by atoms with Crippen LogP contribution in [-0.4, -0.2) is 28.4 Å². The van der Waals surface area contributed by atoms with Crippen molar-refractivity contribution < 1.29 is 27.8 Å². The highest BCUT2D eigenvalue weighted by molar-refractivity contribution is 7.07. The third-order valence-corrected chi connectivity index (χ3v) is 6.18. The van der Waals surface area contributed by atoms with Crippen molar-refractivity contribution in [2.75, 3.05) is 6.61 Å². The number of aromatic hydroxyl groups is 1. The van der Waals surface area contributed by atoms with Gasteiger partial charge in [0.1, 0.15) is 5.75 Å². The van der Waals surface area contributed by atoms with Gasteiger partial charge in [-0.15, -0.1) is 0 Å². The van der Waals surface area contributed by atoms with E-state index in [-0.39, 0.29) is 27.3 Å². The molecule has 0 amide bonds. The van der Waals surface area contributed by atoms with E-state index in [2.05, 4.69) is 4.99 Å². The van der Waals surface area contributed by atoms with Crippen molar-refractivity contribution in [2.24, 2.45) is 4.99 Å². The first-order chi connectivity index (χ1) is 16.1. The normalized spacial score (nSPS) is 16.3. The summed E-state index contributed by atoms with van der Waals surface area (Å²) in [6, 6.07) is 10.4. The highest BCUT2D eigenvalue weighted by Crippen LogP contribution is 2.38. The van der Waals surface area contributed by atoms with Crippen LogP contribution in [-0.2, 0) is 9.53 Å². The van der Waals surface area contributed by atoms with Gasteiger partial charge in [0.2, 0.25) is 0 Å². The Morgan fingerprint density at radius 2 is 1.97 bits per heavy atom. The van der Waals surface area contributed by atoms with Gasteiger partial charge in [-0.1, -0.05) is 47.2 Å². The number of benzene rings is 2. The van der Waals surface area contributed by atoms with Crippen molar-refractivity contribution in [1.82, 2.24) is 4.57 Å². The number of aromatic nitrogens is 1. The molecule has 0 spiro atoms. The zero-order valence-electron chi connectivity index (χ0n) is 17.5. The summed E-state index contributed by atoms with van der Waals surface area (Å²) in [5.41, 5.74) is -2.15. The minimum atomic E-state index is -4.98. The number of hydrogen-bond acceptors (Lipinski definition) is 6. The molecule has 1 aliphatic heterocycles. The molecule has 0 fully saturated rings. The summed E-state index contributed by atoms with van der Waals surface area (Å²) < 4.78 is 48.2. The fraction of sp³-hybridized carbons (Fsp3) is 0.174. The lowest BCUT2D eigenvalue weighted by molar-refractivity contribution is -0.140. The Morgan fingerprint density at radius 3 is 2.59 bits per heavy atom. The highest BCUT2D eigenvalue weighted by atomic mass is 35.5. The zero-order chi connectivity index (χ0) is 24.6. The Balaban J connectivity index is 2.05. The Morgan fingerprint density at radius 1 is 1.26 bits per heavy atom. The van der Waals surface area contributed by atoms with Gasteiger partial charge in [-0.3, -0.25) is 9.36 Å². The van der Waals surface area contributed by atoms with Crippen molar-refractivity contribution in [3.63, 3.8) is 0 Å². The van der Waals surface area contributed by atoms with Gasteiger partial charge in [-0.2, -0.15) is 13.2 Å². The van der Waals surface area contributed by atoms with Crippen molar-refractivity contribution in [2.45, 2.75) is 19.1 Å². The SMILES string of the molecule is CCOC(=O)C1=C(C(F)(F)F)N=c2s/c(=C\c3cccc(O)c3)c(=O)n2[C@@H]1c1ccc(Cl)cc1. The van der Waals surface area contributed by atoms with Crippen molar-refractivity contribution >= 4 is 35.0 Å². The molecule has 0 saturated heterocycles. The first-order valence-electron chi connectivity index (χ1n) is 9.95. The van der Waals surface area contributed by atoms with Gasteiger partial charge in [-0.05, 0) is 48.4 Å². The second-order valence-electron chi connectivity index (χ2n) is 7.21. The molecule has 0 bridgehead atoms. The topological polar surface area (TPSA) is 80.9 Å². The number of fused-ring (bicyclic) bond motifs is 1. The molecule has 4 rings (SSSR count). The van der Waals surface area contributed by atoms with E-state index >= 15 is 0 Å². The Hall–Kier alpha value is -3.37. The van der Waals surface area contributed by atoms with Gasteiger partial charge in [-0.25, -0.2) is 9.79 Å². The quantitative estimate of drug-likeness (QED) is 0.545. The maximum absolute atomic E-state index is 14.0. The van der Waals surface area contributed by atoms with E-state index in [0.29, 0.717) is 10.6 Å². The average Bonchev–Trinajstić information content (AvgIpc) is 3.08. The number of allylic oxidation sites excluding steroid dienone is 1. The van der Waals surface area contributed by atoms with Crippen LogP contribution in [0.3, 0.4) is 0 Å². The van der Waals surface area contributed by atoms with Crippen molar-refractivity contribution in [3.8, 4) is 5.75 Å². The molecule has 6 nitrogen and oxygen atoms in total. The molecule has 0 radical (unpaired) electrons. The Kier molecular flexibility index (Phi) is 6.37. The molecule has 1 atom stereocenters. The fourth-order valence-corrected chi connectivity index (χ4v) is 4.69. The molecular formula is C23H16ClF3N2O4S. The summed E-state index contributed by atoms with van der Waals surface area (Å²) in [6.07, 6.45) is -3.54. The first kappa shape index (κ1) is 23.8. The van der Waals surface area contributed by atoms with Crippen LogP contribution in [0.25, 0.3) is 6.08 Å². The predicted octanol–water partition coefficient (Wildman–Crippen LogP) is 3.70. The lowest BCUT2D eigenvalue weighted by Crippen LogP contribution is -2.41. The van der Waals surface area contributed by atoms with E-state index in [9.17, 15) is 27.9 Å². The van der Waals surface area contributed by atoms with Gasteiger partial charge >= 0.3 is 12.1 Å². The monoisotopic (exact) mass is 508 g/mol. The van der Waals surface area contributed by atoms with Crippen LogP contribution in [0.2, 0.25) is 5.02 Å². The summed E-state index contributed by atoms with van der Waals surface area (Å²) in [7, 11) is 0. The van der Waals surface area contributed by atoms with Crippen molar-refractivity contribution in [1.29, 1.82) is 0 Å². The minimum absolute atomic E-state index is 0.0375. The molecule has 34 heavy (non-hydrogen) atoms. The third kappa shape index (κ3) is 4.51. The minimum Gasteiger partial charge on any atom is -0.508 e. The smallest absolute Gasteiger partial charge is 0.434 e. The summed E-state index contributed by atoms with van der Waals surface area (Å²) in [5, 5.41) is 10.0. The number of halogens is 4. The van der Waals surface area contributed by atoms with Crippen LogP contribution in [0.5, 0.6) is 5.75 Å². The number of carbonyl (C=O) groups is 1. The predicted molar refractivity (Wildman–Crippen MR) is 120 cm³/mol. The third-order valence-electron chi connectivity index (χ3n) is 4.95. The van der Waals surface area contributed by atoms with Crippen LogP contribution in [0.1, 0.15) is 24.1 Å². The lowest BCUT2D eigenvalue weighted by atomic mass is 9.95. The van der Waals surface area contributed by atoms with Crippen LogP contribution < -0.4 is 14.9 Å². The number of alkyl halides is 3. The van der Waals surface area contributed by atoms with E-state index in [0.717, 1.165) is 15.9 Å². The van der Waals surface area contributed by atoms with Crippen LogP contribution in [0.4, 0.5) is 13.2 Å². The summed E-state index contributed by atoms with van der Waals surface area (Å²) in [4.78, 5) is 29.6. The number of thiazole rings is 1. The zero-order valence-corrected chi connectivity index (χ0v) is 19.0. The maximum Gasteiger partial charge on any atom is 0.434 e. The molecule has 176 valence electrons. The number of phenolic OH excluding ortho intramolecular Hbond substituents is 1. The molecule has 1 N–H and O–H groups in total. The number of esters is 1. The molecule has 0 unspecified atom stereocenters. The molecule has 1 aromatic heterocycles. The van der Waals surface area contributed by atoms with Gasteiger partial charge in [0.05, 0.1) is 22.8 Å². The van der Waals surface area contributed by atoms with E-state index < -0.39 is 35.0 Å². The number of nitrogens with zero attached hydrogens (tertiary/aromatic N) is 2. The molecule has 2 heterocycles. The summed E-state index contributed by atoms with van der Waals surface area (Å²) in [5.74, 6) is -1.26. The molecule has 0 aliphatic carbocycles. The second-order valence-corrected chi connectivity index (χ2v) is 8.66. The van der Waals surface area contributed by atoms with Gasteiger partial charge < -0.3 is 9.84 Å². The maximum atomic E-state index is 14.0. The number of rotatable bonds is 4. The molecular weight excluding hydrogens is 493 g/mol. The van der Waals surface area contributed by atoms with Crippen LogP contribution in [0.15, 0.2) is 69.6 Å². The van der Waals surface area contributed by atoms with Crippen LogP contribution in [0, 0.1) is 0 Å². The summed E-state index contributed by atoms with van der Waals surface area (Å²) in [6.45, 7) is 1.30. The fourth-order valence-electron chi connectivity index (χ4n) is 3.57. The highest BCUT2D eigenvalue weighted by Gasteiger charge is 2.45. The number of ether oxygens (including phenoxy) is 1. The Labute approximate surface area is 199 Å². The number of carbonyl (C=O) groups excluding carboxylic acids is 1. The van der Waals surface area contributed by atoms with Gasteiger partial charge in [0, 0.05) is 5.02 Å². The standard InChI is InChI=1S/C23H16ClF3N2O4S/c1-2-33-21(32)17-18(13-6-8-14(24)9-7-13)29-20(31)16(11-12-4-3-5-15(30)10-12)34-22(29)28-19(17)23(25,26)27/h3-11,18,30H,2H2,1H3/b16-11-/t18-/m1/s1. The molecule has 3 aromatic rings. The van der Waals surface area contributed by atoms with Gasteiger partial charge in [0.25, 0.3) is 5.56 Å². The first-order valence-corrected chi connectivity index (χ1v) is 11.1. The molecule has 11 heteroatoms. The van der Waals surface area contributed by atoms with E-state index in [1.165, 1.54) is 49.4 Å². The van der Waals surface area contributed by atoms with Crippen LogP contribution >= 0.6 is 22.9 Å². The lowest BCUT2D eigenvalue weighted by Gasteiger charge is -2.26. The van der Waals surface area contributed by atoms with E-state index in [1.807, 2.05) is 0 Å². The average molecular weight is 509 g/mol. The van der Waals surface area contributed by atoms with E-state index in [1.54, 1.807) is 12.1 Å². The number of phenols is 1. The number of hydrogen-bond donors (Lipinski definition) is 1. The second kappa shape index (κ2) is 9.11. The molecule has 0 saturated carbocycles. The molecule has 1 aliphatic rings. The van der Waals surface area contributed by atoms with Gasteiger partial charge in [0.15, 0.2) is 10.5 Å². The Bertz CT molecular complexity index is 1470. The molecule has 2 aromatic carbocycles. The largest absolute Gasteiger partial charge is 0.508 e. The van der Waals surface area contributed by atoms with E-state index in [4.69, 9.17) is 16.3 Å². The van der Waals surface area contributed by atoms with Crippen molar-refractivity contribution in [3.05, 3.63) is 95.6 Å².